The van der Waals surface area contributed by atoms with E-state index in [4.69, 9.17) is 32.7 Å². The summed E-state index contributed by atoms with van der Waals surface area (Å²) in [4.78, 5) is 11.4. The van der Waals surface area contributed by atoms with E-state index in [0.29, 0.717) is 22.4 Å². The summed E-state index contributed by atoms with van der Waals surface area (Å²) in [7, 11) is 0. The molecule has 0 atom stereocenters. The lowest BCUT2D eigenvalue weighted by atomic mass is 10.2. The van der Waals surface area contributed by atoms with Crippen LogP contribution < -0.4 is 4.74 Å². The Balaban J connectivity index is 1.98. The van der Waals surface area contributed by atoms with Gasteiger partial charge in [0.25, 0.3) is 0 Å². The van der Waals surface area contributed by atoms with Crippen molar-refractivity contribution in [2.75, 3.05) is 6.61 Å². The maximum Gasteiger partial charge on any atom is 0.331 e. The van der Waals surface area contributed by atoms with Crippen molar-refractivity contribution in [2.45, 2.75) is 6.61 Å². The minimum absolute atomic E-state index is 0.189. The van der Waals surface area contributed by atoms with Crippen molar-refractivity contribution in [2.24, 2.45) is 0 Å². The molecule has 0 N–H and O–H groups in total. The van der Waals surface area contributed by atoms with Crippen LogP contribution in [-0.2, 0) is 16.1 Å². The Morgan fingerprint density at radius 3 is 2.75 bits per heavy atom. The second-order valence-corrected chi connectivity index (χ2v) is 5.69. The van der Waals surface area contributed by atoms with Crippen molar-refractivity contribution in [1.82, 2.24) is 0 Å². The maximum atomic E-state index is 11.4. The number of ether oxygens (including phenoxy) is 2. The van der Waals surface area contributed by atoms with Gasteiger partial charge in [-0.05, 0) is 35.9 Å². The van der Waals surface area contributed by atoms with Crippen LogP contribution in [-0.4, -0.2) is 12.6 Å². The minimum atomic E-state index is -0.422. The number of carbonyl (C=O) groups is 1. The quantitative estimate of drug-likeness (QED) is 0.380. The predicted octanol–water partition coefficient (Wildman–Crippen LogP) is 5.31. The van der Waals surface area contributed by atoms with Crippen LogP contribution in [0.2, 0.25) is 10.0 Å². The highest BCUT2D eigenvalue weighted by Crippen LogP contribution is 2.23. The average molecular weight is 363 g/mol. The van der Waals surface area contributed by atoms with Gasteiger partial charge in [0.05, 0.1) is 0 Å². The van der Waals surface area contributed by atoms with Crippen LogP contribution in [0, 0.1) is 0 Å². The standard InChI is InChI=1S/C19H16Cl2O3/c1-2-10-23-19(22)9-6-14-4-3-5-17(11-14)24-13-15-7-8-16(20)12-18(15)21/h2-9,11-12H,1,10,13H2/b9-6+. The van der Waals surface area contributed by atoms with Crippen molar-refractivity contribution in [3.63, 3.8) is 0 Å². The molecule has 124 valence electrons. The molecular formula is C19H16Cl2O3. The molecule has 24 heavy (non-hydrogen) atoms. The molecule has 0 spiro atoms. The Bertz CT molecular complexity index is 754. The fourth-order valence-electron chi connectivity index (χ4n) is 1.86. The molecule has 0 heterocycles. The zero-order chi connectivity index (χ0) is 17.4. The summed E-state index contributed by atoms with van der Waals surface area (Å²) in [6.07, 6.45) is 4.54. The first kappa shape index (κ1) is 18.1. The number of carbonyl (C=O) groups excluding carboxylic acids is 1. The van der Waals surface area contributed by atoms with E-state index in [0.717, 1.165) is 11.1 Å². The van der Waals surface area contributed by atoms with Crippen LogP contribution in [0.4, 0.5) is 0 Å². The highest BCUT2D eigenvalue weighted by atomic mass is 35.5. The summed E-state index contributed by atoms with van der Waals surface area (Å²) in [5.74, 6) is 0.247. The molecule has 0 aliphatic carbocycles. The van der Waals surface area contributed by atoms with Gasteiger partial charge in [-0.2, -0.15) is 0 Å². The third-order valence-corrected chi connectivity index (χ3v) is 3.61. The monoisotopic (exact) mass is 362 g/mol. The fourth-order valence-corrected chi connectivity index (χ4v) is 2.32. The van der Waals surface area contributed by atoms with Gasteiger partial charge in [0.2, 0.25) is 0 Å². The third-order valence-electron chi connectivity index (χ3n) is 3.02. The molecule has 2 aromatic carbocycles. The van der Waals surface area contributed by atoms with Gasteiger partial charge in [0.1, 0.15) is 19.0 Å². The van der Waals surface area contributed by atoms with E-state index in [1.54, 1.807) is 18.2 Å². The van der Waals surface area contributed by atoms with E-state index in [1.165, 1.54) is 12.2 Å². The summed E-state index contributed by atoms with van der Waals surface area (Å²) in [6, 6.07) is 12.6. The molecule has 0 aliphatic heterocycles. The average Bonchev–Trinajstić information content (AvgIpc) is 2.58. The van der Waals surface area contributed by atoms with E-state index in [1.807, 2.05) is 30.3 Å². The highest BCUT2D eigenvalue weighted by Gasteiger charge is 2.03. The number of hydrogen-bond acceptors (Lipinski definition) is 3. The van der Waals surface area contributed by atoms with Crippen LogP contribution in [0.25, 0.3) is 6.08 Å². The van der Waals surface area contributed by atoms with Gasteiger partial charge in [0.15, 0.2) is 0 Å². The van der Waals surface area contributed by atoms with Gasteiger partial charge in [0, 0.05) is 21.7 Å². The van der Waals surface area contributed by atoms with E-state index in [-0.39, 0.29) is 6.61 Å². The normalized spacial score (nSPS) is 10.6. The molecule has 0 aliphatic rings. The SMILES string of the molecule is C=CCOC(=O)/C=C/c1cccc(OCc2ccc(Cl)cc2Cl)c1. The van der Waals surface area contributed by atoms with Gasteiger partial charge >= 0.3 is 5.97 Å². The maximum absolute atomic E-state index is 11.4. The van der Waals surface area contributed by atoms with Crippen molar-refractivity contribution in [3.8, 4) is 5.75 Å². The predicted molar refractivity (Wildman–Crippen MR) is 97.4 cm³/mol. The van der Waals surface area contributed by atoms with E-state index in [9.17, 15) is 4.79 Å². The molecule has 0 fully saturated rings. The number of benzene rings is 2. The second kappa shape index (κ2) is 9.16. The molecule has 2 rings (SSSR count). The first-order valence-corrected chi connectivity index (χ1v) is 7.96. The van der Waals surface area contributed by atoms with Crippen molar-refractivity contribution >= 4 is 35.2 Å². The summed E-state index contributed by atoms with van der Waals surface area (Å²) in [5, 5.41) is 1.14. The van der Waals surface area contributed by atoms with Crippen LogP contribution in [0.3, 0.4) is 0 Å². The van der Waals surface area contributed by atoms with E-state index in [2.05, 4.69) is 6.58 Å². The molecule has 3 nitrogen and oxygen atoms in total. The number of halogens is 2. The first-order valence-electron chi connectivity index (χ1n) is 7.21. The van der Waals surface area contributed by atoms with Gasteiger partial charge in [-0.1, -0.05) is 54.1 Å². The van der Waals surface area contributed by atoms with Gasteiger partial charge in [-0.25, -0.2) is 4.79 Å². The Labute approximate surface area is 151 Å². The van der Waals surface area contributed by atoms with Crippen LogP contribution in [0.5, 0.6) is 5.75 Å². The van der Waals surface area contributed by atoms with Crippen molar-refractivity contribution < 1.29 is 14.3 Å². The molecule has 2 aromatic rings. The summed E-state index contributed by atoms with van der Waals surface area (Å²) in [5.41, 5.74) is 1.67. The van der Waals surface area contributed by atoms with Crippen LogP contribution in [0.15, 0.2) is 61.2 Å². The van der Waals surface area contributed by atoms with Crippen molar-refractivity contribution in [1.29, 1.82) is 0 Å². The topological polar surface area (TPSA) is 35.5 Å². The summed E-state index contributed by atoms with van der Waals surface area (Å²) in [6.45, 7) is 4.00. The Kier molecular flexibility index (Phi) is 6.91. The molecule has 0 amide bonds. The molecule has 0 aromatic heterocycles. The van der Waals surface area contributed by atoms with E-state index < -0.39 is 5.97 Å². The molecule has 5 heteroatoms. The van der Waals surface area contributed by atoms with Crippen LogP contribution in [0.1, 0.15) is 11.1 Å². The molecule has 0 saturated heterocycles. The van der Waals surface area contributed by atoms with Crippen LogP contribution >= 0.6 is 23.2 Å². The molecular weight excluding hydrogens is 347 g/mol. The smallest absolute Gasteiger partial charge is 0.331 e. The number of hydrogen-bond donors (Lipinski definition) is 0. The second-order valence-electron chi connectivity index (χ2n) is 4.85. The Morgan fingerprint density at radius 2 is 2.00 bits per heavy atom. The van der Waals surface area contributed by atoms with Gasteiger partial charge in [-0.15, -0.1) is 0 Å². The zero-order valence-corrected chi connectivity index (χ0v) is 14.4. The first-order chi connectivity index (χ1) is 11.6. The lowest BCUT2D eigenvalue weighted by molar-refractivity contribution is -0.136. The lowest BCUT2D eigenvalue weighted by Gasteiger charge is -2.08. The van der Waals surface area contributed by atoms with Gasteiger partial charge in [-0.3, -0.25) is 0 Å². The molecule has 0 bridgehead atoms. The summed E-state index contributed by atoms with van der Waals surface area (Å²) < 4.78 is 10.6. The number of esters is 1. The van der Waals surface area contributed by atoms with Gasteiger partial charge < -0.3 is 9.47 Å². The minimum Gasteiger partial charge on any atom is -0.489 e. The molecule has 0 saturated carbocycles. The zero-order valence-electron chi connectivity index (χ0n) is 12.9. The molecule has 0 radical (unpaired) electrons. The lowest BCUT2D eigenvalue weighted by Crippen LogP contribution is -1.99. The largest absolute Gasteiger partial charge is 0.489 e. The molecule has 0 unspecified atom stereocenters. The number of rotatable bonds is 7. The van der Waals surface area contributed by atoms with E-state index >= 15 is 0 Å². The fraction of sp³-hybridized carbons (Fsp3) is 0.105. The Morgan fingerprint density at radius 1 is 1.17 bits per heavy atom. The summed E-state index contributed by atoms with van der Waals surface area (Å²) >= 11 is 12.0. The Hall–Kier alpha value is -2.23. The third kappa shape index (κ3) is 5.76. The van der Waals surface area contributed by atoms with Crippen molar-refractivity contribution in [3.05, 3.63) is 82.4 Å². The highest BCUT2D eigenvalue weighted by molar-refractivity contribution is 6.35.